The smallest absolute Gasteiger partial charge is 0.161 e. The lowest BCUT2D eigenvalue weighted by atomic mass is 9.65. The minimum Gasteiger partial charge on any atom is -0.493 e. The Morgan fingerprint density at radius 2 is 2.08 bits per heavy atom. The Kier molecular flexibility index (Phi) is 5.82. The fraction of sp³-hybridized carbons (Fsp3) is 0.588. The third-order valence-corrected chi connectivity index (χ3v) is 6.32. The molecule has 1 N–H and O–H groups in total. The molecule has 132 valence electrons. The van der Waals surface area contributed by atoms with Gasteiger partial charge in [-0.2, -0.15) is 5.10 Å². The second-order valence-corrected chi connectivity index (χ2v) is 8.18. The van der Waals surface area contributed by atoms with Crippen LogP contribution in [0.5, 0.6) is 11.5 Å². The van der Waals surface area contributed by atoms with Gasteiger partial charge in [-0.15, -0.1) is 0 Å². The van der Waals surface area contributed by atoms with Crippen LogP contribution in [0, 0.1) is 0 Å². The molecule has 0 aromatic heterocycles. The van der Waals surface area contributed by atoms with Gasteiger partial charge in [0.2, 0.25) is 0 Å². The Balaban J connectivity index is 1.94. The number of methoxy groups -OCH3 is 2. The molecule has 7 heteroatoms. The molecule has 2 atom stereocenters. The molecule has 0 amide bonds. The molecule has 1 aromatic carbocycles. The summed E-state index contributed by atoms with van der Waals surface area (Å²) in [5, 5.41) is 4.53. The van der Waals surface area contributed by atoms with Crippen molar-refractivity contribution in [1.29, 1.82) is 0 Å². The van der Waals surface area contributed by atoms with Crippen molar-refractivity contribution >= 4 is 36.0 Å². The summed E-state index contributed by atoms with van der Waals surface area (Å²) in [6.45, 7) is 1.13. The van der Waals surface area contributed by atoms with Gasteiger partial charge in [-0.25, -0.2) is 4.83 Å². The van der Waals surface area contributed by atoms with Crippen LogP contribution in [0.4, 0.5) is 0 Å². The van der Waals surface area contributed by atoms with E-state index in [1.54, 1.807) is 14.2 Å². The molecule has 1 aliphatic heterocycles. The van der Waals surface area contributed by atoms with Crippen LogP contribution in [0.25, 0.3) is 0 Å². The third-order valence-electron chi connectivity index (χ3n) is 5.57. The van der Waals surface area contributed by atoms with Gasteiger partial charge in [-0.05, 0) is 50.6 Å². The zero-order chi connectivity index (χ0) is 17.2. The summed E-state index contributed by atoms with van der Waals surface area (Å²) in [4.78, 5) is 5.52. The molecule has 0 unspecified atom stereocenters. The second-order valence-electron chi connectivity index (χ2n) is 6.52. The van der Waals surface area contributed by atoms with Gasteiger partial charge < -0.3 is 14.4 Å². The normalized spacial score (nSPS) is 28.7. The van der Waals surface area contributed by atoms with E-state index >= 15 is 0 Å². The number of nitrogens with one attached hydrogen (secondary N) is 1. The van der Waals surface area contributed by atoms with Gasteiger partial charge in [0.1, 0.15) is 0 Å². The Bertz CT molecular complexity index is 628. The quantitative estimate of drug-likeness (QED) is 0.411. The zero-order valence-electron chi connectivity index (χ0n) is 14.3. The van der Waals surface area contributed by atoms with Crippen molar-refractivity contribution in [3.63, 3.8) is 0 Å². The number of nitrogens with zero attached hydrogens (tertiary/aromatic N) is 2. The first-order valence-corrected chi connectivity index (χ1v) is 11.5. The van der Waals surface area contributed by atoms with Gasteiger partial charge in [0.05, 0.1) is 14.2 Å². The number of ether oxygens (including phenoxy) is 2. The van der Waals surface area contributed by atoms with Gasteiger partial charge in [0.15, 0.2) is 11.5 Å². The number of hydrogen-bond acceptors (Lipinski definition) is 6. The van der Waals surface area contributed by atoms with Crippen molar-refractivity contribution in [3.05, 3.63) is 23.8 Å². The van der Waals surface area contributed by atoms with E-state index in [1.165, 1.54) is 26.8 Å². The molecule has 5 nitrogen and oxygen atoms in total. The first-order valence-electron chi connectivity index (χ1n) is 8.15. The molecule has 1 heterocycles. The lowest BCUT2D eigenvalue weighted by molar-refractivity contribution is 0.226. The number of likely N-dealkylation sites (tertiary alicyclic amines) is 1. The summed E-state index contributed by atoms with van der Waals surface area (Å²) in [5.41, 5.74) is 2.82. The van der Waals surface area contributed by atoms with Gasteiger partial charge in [0, 0.05) is 53.9 Å². The lowest BCUT2D eigenvalue weighted by Crippen LogP contribution is -2.46. The molecular formula is C17H24IN3O2S. The van der Waals surface area contributed by atoms with E-state index < -0.39 is 0 Å². The summed E-state index contributed by atoms with van der Waals surface area (Å²) in [6, 6.07) is 6.92. The molecule has 3 rings (SSSR count). The number of benzene rings is 1. The average Bonchev–Trinajstić information content (AvgIpc) is 2.97. The standard InChI is InChI=1S/C17H24IN3O2S/c1-21-9-8-17(7-6-13(11-16(17)21)19-20-24-18)12-4-5-14(22-2)15(10-12)23-3/h4-5,10,16,20H,6-9,11H2,1-3H3/b19-13+/t16-,17-/m0/s1. The molecule has 0 spiro atoms. The maximum absolute atomic E-state index is 5.54. The van der Waals surface area contributed by atoms with Crippen LogP contribution in [0.1, 0.15) is 31.2 Å². The fourth-order valence-corrected chi connectivity index (χ4v) is 4.72. The van der Waals surface area contributed by atoms with Crippen LogP contribution in [-0.2, 0) is 5.41 Å². The van der Waals surface area contributed by atoms with Crippen LogP contribution in [0.15, 0.2) is 23.3 Å². The molecule has 0 bridgehead atoms. The number of hydrogen-bond donors (Lipinski definition) is 1. The lowest BCUT2D eigenvalue weighted by Gasteiger charge is -2.42. The van der Waals surface area contributed by atoms with E-state index in [0.717, 1.165) is 37.3 Å². The average molecular weight is 461 g/mol. The predicted octanol–water partition coefficient (Wildman–Crippen LogP) is 3.77. The summed E-state index contributed by atoms with van der Waals surface area (Å²) in [5.74, 6) is 1.61. The van der Waals surface area contributed by atoms with E-state index in [-0.39, 0.29) is 5.41 Å². The molecule has 24 heavy (non-hydrogen) atoms. The van der Waals surface area contributed by atoms with Crippen LogP contribution in [0.2, 0.25) is 0 Å². The highest BCUT2D eigenvalue weighted by atomic mass is 127. The number of likely N-dealkylation sites (N-methyl/N-ethyl adjacent to an activating group) is 1. The molecule has 0 radical (unpaired) electrons. The SMILES string of the molecule is COc1ccc([C@@]23CC/C(=N\NSI)C[C@@H]2N(C)CC3)cc1OC. The number of rotatable bonds is 5. The largest absolute Gasteiger partial charge is 0.493 e. The maximum atomic E-state index is 5.54. The minimum atomic E-state index is 0.185. The fourth-order valence-electron chi connectivity index (χ4n) is 4.27. The molecule has 1 aromatic rings. The summed E-state index contributed by atoms with van der Waals surface area (Å²) in [6.07, 6.45) is 4.38. The van der Waals surface area contributed by atoms with Gasteiger partial charge in [0.25, 0.3) is 0 Å². The van der Waals surface area contributed by atoms with Crippen LogP contribution < -0.4 is 14.3 Å². The summed E-state index contributed by atoms with van der Waals surface area (Å²) < 4.78 is 10.9. The van der Waals surface area contributed by atoms with E-state index in [9.17, 15) is 0 Å². The van der Waals surface area contributed by atoms with Crippen molar-refractivity contribution < 1.29 is 9.47 Å². The highest BCUT2D eigenvalue weighted by Gasteiger charge is 2.49. The number of fused-ring (bicyclic) bond motifs is 1. The van der Waals surface area contributed by atoms with Crippen molar-refractivity contribution in [2.45, 2.75) is 37.1 Å². The molecular weight excluding hydrogens is 437 g/mol. The van der Waals surface area contributed by atoms with Gasteiger partial charge in [-0.1, -0.05) is 6.07 Å². The number of halogens is 1. The van der Waals surface area contributed by atoms with Crippen molar-refractivity contribution in [2.24, 2.45) is 5.10 Å². The second kappa shape index (κ2) is 7.70. The first kappa shape index (κ1) is 18.1. The Hall–Kier alpha value is -0.670. The van der Waals surface area contributed by atoms with Crippen molar-refractivity contribution in [1.82, 2.24) is 9.73 Å². The topological polar surface area (TPSA) is 46.1 Å². The van der Waals surface area contributed by atoms with E-state index in [2.05, 4.69) is 55.2 Å². The molecule has 2 fully saturated rings. The molecule has 1 saturated heterocycles. The number of hydrazone groups is 1. The molecule has 1 saturated carbocycles. The van der Waals surface area contributed by atoms with Gasteiger partial charge >= 0.3 is 0 Å². The Morgan fingerprint density at radius 1 is 1.29 bits per heavy atom. The zero-order valence-corrected chi connectivity index (χ0v) is 17.3. The summed E-state index contributed by atoms with van der Waals surface area (Å²) in [7, 11) is 7.14. The van der Waals surface area contributed by atoms with Gasteiger partial charge in [-0.3, -0.25) is 0 Å². The third kappa shape index (κ3) is 3.22. The monoisotopic (exact) mass is 461 g/mol. The highest BCUT2D eigenvalue weighted by molar-refractivity contribution is 14.2. The van der Waals surface area contributed by atoms with E-state index in [1.807, 2.05) is 6.07 Å². The summed E-state index contributed by atoms with van der Waals surface area (Å²) >= 11 is 2.21. The molecule has 1 aliphatic carbocycles. The highest BCUT2D eigenvalue weighted by Crippen LogP contribution is 2.49. The first-order chi connectivity index (χ1) is 11.6. The Labute approximate surface area is 160 Å². The maximum Gasteiger partial charge on any atom is 0.161 e. The van der Waals surface area contributed by atoms with Crippen LogP contribution in [0.3, 0.4) is 0 Å². The Morgan fingerprint density at radius 3 is 2.79 bits per heavy atom. The predicted molar refractivity (Wildman–Crippen MR) is 108 cm³/mol. The van der Waals surface area contributed by atoms with Crippen molar-refractivity contribution in [2.75, 3.05) is 27.8 Å². The van der Waals surface area contributed by atoms with E-state index in [0.29, 0.717) is 6.04 Å². The van der Waals surface area contributed by atoms with E-state index in [4.69, 9.17) is 9.47 Å². The van der Waals surface area contributed by atoms with Crippen LogP contribution >= 0.6 is 30.3 Å². The van der Waals surface area contributed by atoms with Crippen molar-refractivity contribution in [3.8, 4) is 11.5 Å². The minimum absolute atomic E-state index is 0.185. The molecule has 2 aliphatic rings. The van der Waals surface area contributed by atoms with Crippen LogP contribution in [-0.4, -0.2) is 44.5 Å².